The SMILES string of the molecule is CN1C(=O)C(NC(=O)c2ncc(Cl)c(-c3cccc4[nH]cnc34)n2)COc2cc(Cl)cnc21. The first-order valence-electron chi connectivity index (χ1n) is 9.74. The van der Waals surface area contributed by atoms with E-state index in [1.54, 1.807) is 18.5 Å². The van der Waals surface area contributed by atoms with Crippen molar-refractivity contribution in [2.24, 2.45) is 0 Å². The number of aromatic nitrogens is 5. The number of hydrogen-bond acceptors (Lipinski definition) is 7. The van der Waals surface area contributed by atoms with Gasteiger partial charge >= 0.3 is 0 Å². The van der Waals surface area contributed by atoms with Crippen molar-refractivity contribution in [2.75, 3.05) is 18.6 Å². The first kappa shape index (κ1) is 21.1. The second-order valence-electron chi connectivity index (χ2n) is 7.20. The van der Waals surface area contributed by atoms with Crippen LogP contribution in [0.15, 0.2) is 43.0 Å². The third kappa shape index (κ3) is 3.83. The maximum atomic E-state index is 12.9. The molecule has 1 aliphatic rings. The van der Waals surface area contributed by atoms with Crippen LogP contribution in [-0.4, -0.2) is 56.4 Å². The topological polar surface area (TPSA) is 126 Å². The van der Waals surface area contributed by atoms with Crippen LogP contribution in [0.5, 0.6) is 5.75 Å². The van der Waals surface area contributed by atoms with E-state index in [-0.39, 0.29) is 17.5 Å². The van der Waals surface area contributed by atoms with Crippen molar-refractivity contribution in [1.82, 2.24) is 30.2 Å². The van der Waals surface area contributed by atoms with Crippen LogP contribution in [0, 0.1) is 0 Å². The number of rotatable bonds is 3. The Hall–Kier alpha value is -3.76. The van der Waals surface area contributed by atoms with Gasteiger partial charge in [0.25, 0.3) is 11.8 Å². The summed E-state index contributed by atoms with van der Waals surface area (Å²) in [6.45, 7) is -0.114. The zero-order valence-corrected chi connectivity index (χ0v) is 18.6. The molecule has 12 heteroatoms. The Morgan fingerprint density at radius 3 is 2.94 bits per heavy atom. The number of ether oxygens (including phenoxy) is 1. The molecule has 0 saturated carbocycles. The lowest BCUT2D eigenvalue weighted by Gasteiger charge is -2.19. The van der Waals surface area contributed by atoms with Crippen molar-refractivity contribution in [3.8, 4) is 17.0 Å². The third-order valence-corrected chi connectivity index (χ3v) is 5.59. The fourth-order valence-electron chi connectivity index (χ4n) is 3.50. The van der Waals surface area contributed by atoms with Crippen molar-refractivity contribution in [3.63, 3.8) is 0 Å². The highest BCUT2D eigenvalue weighted by Gasteiger charge is 2.32. The molecule has 10 nitrogen and oxygen atoms in total. The molecule has 33 heavy (non-hydrogen) atoms. The lowest BCUT2D eigenvalue weighted by Crippen LogP contribution is -2.49. The minimum absolute atomic E-state index is 0.114. The zero-order valence-electron chi connectivity index (χ0n) is 17.0. The van der Waals surface area contributed by atoms with Gasteiger partial charge in [-0.2, -0.15) is 0 Å². The van der Waals surface area contributed by atoms with E-state index in [0.29, 0.717) is 33.4 Å². The molecule has 0 saturated heterocycles. The maximum absolute atomic E-state index is 12.9. The molecule has 166 valence electrons. The molecule has 1 unspecified atom stereocenters. The Morgan fingerprint density at radius 2 is 2.09 bits per heavy atom. The van der Waals surface area contributed by atoms with Gasteiger partial charge in [-0.1, -0.05) is 35.3 Å². The number of hydrogen-bond donors (Lipinski definition) is 2. The van der Waals surface area contributed by atoms with E-state index in [1.807, 2.05) is 12.1 Å². The number of para-hydroxylation sites is 1. The van der Waals surface area contributed by atoms with Crippen molar-refractivity contribution < 1.29 is 14.3 Å². The lowest BCUT2D eigenvalue weighted by molar-refractivity contribution is -0.120. The largest absolute Gasteiger partial charge is 0.487 e. The van der Waals surface area contributed by atoms with Gasteiger partial charge in [0.2, 0.25) is 5.82 Å². The molecule has 4 heterocycles. The summed E-state index contributed by atoms with van der Waals surface area (Å²) >= 11 is 12.3. The number of nitrogens with zero attached hydrogens (tertiary/aromatic N) is 5. The number of nitrogens with one attached hydrogen (secondary N) is 2. The molecule has 0 fully saturated rings. The van der Waals surface area contributed by atoms with Crippen molar-refractivity contribution in [3.05, 3.63) is 58.9 Å². The number of amides is 2. The summed E-state index contributed by atoms with van der Waals surface area (Å²) in [5.41, 5.74) is 2.44. The molecule has 0 radical (unpaired) electrons. The lowest BCUT2D eigenvalue weighted by atomic mass is 10.1. The van der Waals surface area contributed by atoms with E-state index in [1.165, 1.54) is 24.3 Å². The van der Waals surface area contributed by atoms with Crippen LogP contribution >= 0.6 is 23.2 Å². The van der Waals surface area contributed by atoms with Crippen LogP contribution in [-0.2, 0) is 4.79 Å². The van der Waals surface area contributed by atoms with Gasteiger partial charge in [-0.15, -0.1) is 0 Å². The Bertz CT molecular complexity index is 1410. The highest BCUT2D eigenvalue weighted by molar-refractivity contribution is 6.33. The number of carbonyl (C=O) groups is 2. The van der Waals surface area contributed by atoms with Crippen LogP contribution < -0.4 is 15.0 Å². The fourth-order valence-corrected chi connectivity index (χ4v) is 3.84. The number of aromatic amines is 1. The number of carbonyl (C=O) groups excluding carboxylic acids is 2. The molecule has 4 aromatic rings. The van der Waals surface area contributed by atoms with E-state index >= 15 is 0 Å². The standard InChI is InChI=1S/C21H15Cl2N7O3/c1-30-19-15(5-10(22)6-25-19)33-8-14(21(30)32)28-20(31)18-24-7-12(23)16(29-18)11-3-2-4-13-17(11)27-9-26-13/h2-7,9,14H,8H2,1H3,(H,26,27)(H,28,31). The molecule has 5 rings (SSSR count). The van der Waals surface area contributed by atoms with Gasteiger partial charge in [-0.3, -0.25) is 14.5 Å². The second kappa shape index (κ2) is 8.30. The maximum Gasteiger partial charge on any atom is 0.289 e. The van der Waals surface area contributed by atoms with Gasteiger partial charge in [0, 0.05) is 24.9 Å². The van der Waals surface area contributed by atoms with E-state index in [2.05, 4.69) is 30.2 Å². The first-order valence-corrected chi connectivity index (χ1v) is 10.5. The monoisotopic (exact) mass is 483 g/mol. The zero-order chi connectivity index (χ0) is 23.1. The Balaban J connectivity index is 1.42. The quantitative estimate of drug-likeness (QED) is 0.458. The molecule has 1 aromatic carbocycles. The smallest absolute Gasteiger partial charge is 0.289 e. The Morgan fingerprint density at radius 1 is 1.24 bits per heavy atom. The summed E-state index contributed by atoms with van der Waals surface area (Å²) in [6, 6.07) is 6.05. The average molecular weight is 484 g/mol. The summed E-state index contributed by atoms with van der Waals surface area (Å²) in [6.07, 6.45) is 4.31. The van der Waals surface area contributed by atoms with Crippen molar-refractivity contribution in [2.45, 2.75) is 6.04 Å². The fraction of sp³-hybridized carbons (Fsp3) is 0.143. The molecular weight excluding hydrogens is 469 g/mol. The number of anilines is 1. The molecule has 3 aromatic heterocycles. The number of H-pyrrole nitrogens is 1. The summed E-state index contributed by atoms with van der Waals surface area (Å²) in [4.78, 5) is 47.0. The Kier molecular flexibility index (Phi) is 5.31. The minimum atomic E-state index is -0.993. The number of halogens is 2. The number of pyridine rings is 1. The van der Waals surface area contributed by atoms with Gasteiger partial charge in [-0.05, 0) is 6.07 Å². The number of imidazole rings is 1. The van der Waals surface area contributed by atoms with Crippen LogP contribution in [0.1, 0.15) is 10.6 Å². The summed E-state index contributed by atoms with van der Waals surface area (Å²) < 4.78 is 5.67. The molecule has 1 atom stereocenters. The molecule has 2 N–H and O–H groups in total. The highest BCUT2D eigenvalue weighted by Crippen LogP contribution is 2.31. The number of fused-ring (bicyclic) bond motifs is 2. The molecule has 1 aliphatic heterocycles. The predicted octanol–water partition coefficient (Wildman–Crippen LogP) is 2.88. The highest BCUT2D eigenvalue weighted by atomic mass is 35.5. The molecule has 0 aliphatic carbocycles. The van der Waals surface area contributed by atoms with Gasteiger partial charge < -0.3 is 15.0 Å². The van der Waals surface area contributed by atoms with Gasteiger partial charge in [0.05, 0.1) is 39.3 Å². The van der Waals surface area contributed by atoms with Crippen LogP contribution in [0.3, 0.4) is 0 Å². The third-order valence-electron chi connectivity index (χ3n) is 5.11. The first-order chi connectivity index (χ1) is 15.9. The summed E-state index contributed by atoms with van der Waals surface area (Å²) in [5.74, 6) is -0.576. The molecule has 2 amide bonds. The van der Waals surface area contributed by atoms with Crippen LogP contribution in [0.2, 0.25) is 10.0 Å². The molecule has 0 bridgehead atoms. The van der Waals surface area contributed by atoms with Gasteiger partial charge in [0.1, 0.15) is 12.6 Å². The second-order valence-corrected chi connectivity index (χ2v) is 8.05. The van der Waals surface area contributed by atoms with Crippen molar-refractivity contribution in [1.29, 1.82) is 0 Å². The normalized spacial score (nSPS) is 15.7. The van der Waals surface area contributed by atoms with E-state index in [9.17, 15) is 9.59 Å². The Labute approximate surface area is 196 Å². The van der Waals surface area contributed by atoms with Gasteiger partial charge in [-0.25, -0.2) is 19.9 Å². The van der Waals surface area contributed by atoms with Gasteiger partial charge in [0.15, 0.2) is 11.6 Å². The number of likely N-dealkylation sites (N-methyl/N-ethyl adjacent to an activating group) is 1. The van der Waals surface area contributed by atoms with Crippen LogP contribution in [0.4, 0.5) is 5.82 Å². The average Bonchev–Trinajstić information content (AvgIpc) is 3.26. The molecule has 0 spiro atoms. The summed E-state index contributed by atoms with van der Waals surface area (Å²) in [5, 5.41) is 3.25. The molecular formula is C21H15Cl2N7O3. The predicted molar refractivity (Wildman–Crippen MR) is 122 cm³/mol. The van der Waals surface area contributed by atoms with E-state index < -0.39 is 17.9 Å². The number of benzene rings is 1. The minimum Gasteiger partial charge on any atom is -0.487 e. The van der Waals surface area contributed by atoms with E-state index in [4.69, 9.17) is 27.9 Å². The van der Waals surface area contributed by atoms with E-state index in [0.717, 1.165) is 5.52 Å². The summed E-state index contributed by atoms with van der Waals surface area (Å²) in [7, 11) is 1.54. The van der Waals surface area contributed by atoms with Crippen molar-refractivity contribution >= 4 is 51.9 Å². The van der Waals surface area contributed by atoms with Crippen LogP contribution in [0.25, 0.3) is 22.3 Å².